The van der Waals surface area contributed by atoms with E-state index in [-0.39, 0.29) is 7.33 Å². The Hall–Kier alpha value is -1.38. The Morgan fingerprint density at radius 3 is 2.85 bits per heavy atom. The highest BCUT2D eigenvalue weighted by molar-refractivity contribution is 5.92. The van der Waals surface area contributed by atoms with Gasteiger partial charge in [-0.3, -0.25) is 9.78 Å². The second kappa shape index (κ2) is 4.03. The Kier molecular flexibility index (Phi) is 3.01. The van der Waals surface area contributed by atoms with Gasteiger partial charge in [-0.15, -0.1) is 0 Å². The normalized spacial score (nSPS) is 10.2. The molecule has 0 saturated carbocycles. The van der Waals surface area contributed by atoms with E-state index in [0.29, 0.717) is 11.6 Å². The van der Waals surface area contributed by atoms with E-state index in [1.165, 1.54) is 0 Å². The van der Waals surface area contributed by atoms with Crippen LogP contribution in [0, 0.1) is 0 Å². The quantitative estimate of drug-likeness (QED) is 0.754. The molecule has 0 atom stereocenters. The smallest absolute Gasteiger partial charge is 0.269 e. The molecule has 0 fully saturated rings. The summed E-state index contributed by atoms with van der Waals surface area (Å²) < 4.78 is 0. The lowest BCUT2D eigenvalue weighted by atomic mass is 10.0. The number of pyridine rings is 1. The molecule has 0 aromatic carbocycles. The van der Waals surface area contributed by atoms with Gasteiger partial charge in [-0.1, -0.05) is 13.8 Å². The van der Waals surface area contributed by atoms with Crippen molar-refractivity contribution in [1.82, 2.24) is 10.3 Å². The SMILES string of the molecule is CNC(=O)c1cc(C(C)C)ccn1.[HH]. The summed E-state index contributed by atoms with van der Waals surface area (Å²) in [5.74, 6) is 0.286. The average molecular weight is 180 g/mol. The maximum atomic E-state index is 11.2. The van der Waals surface area contributed by atoms with Crippen molar-refractivity contribution in [3.05, 3.63) is 29.6 Å². The van der Waals surface area contributed by atoms with Crippen molar-refractivity contribution in [2.45, 2.75) is 19.8 Å². The zero-order valence-electron chi connectivity index (χ0n) is 8.16. The van der Waals surface area contributed by atoms with E-state index in [0.717, 1.165) is 5.56 Å². The Labute approximate surface area is 79.7 Å². The standard InChI is InChI=1S/C10H14N2O.H2/c1-7(2)8-4-5-12-9(6-8)10(13)11-3;/h4-7H,1-3H3,(H,11,13);1H. The highest BCUT2D eigenvalue weighted by atomic mass is 16.1. The van der Waals surface area contributed by atoms with E-state index in [4.69, 9.17) is 0 Å². The number of amides is 1. The first-order chi connectivity index (χ1) is 6.15. The molecule has 1 aromatic heterocycles. The zero-order valence-corrected chi connectivity index (χ0v) is 8.16. The van der Waals surface area contributed by atoms with Crippen molar-refractivity contribution in [3.63, 3.8) is 0 Å². The van der Waals surface area contributed by atoms with Crippen molar-refractivity contribution >= 4 is 5.91 Å². The number of carbonyl (C=O) groups is 1. The van der Waals surface area contributed by atoms with E-state index in [1.54, 1.807) is 13.2 Å². The Balaban J connectivity index is 0.00000169. The highest BCUT2D eigenvalue weighted by Crippen LogP contribution is 2.13. The molecule has 0 aliphatic rings. The summed E-state index contributed by atoms with van der Waals surface area (Å²) in [6.45, 7) is 4.17. The number of hydrogen-bond acceptors (Lipinski definition) is 2. The predicted molar refractivity (Wildman–Crippen MR) is 53.8 cm³/mol. The maximum Gasteiger partial charge on any atom is 0.269 e. The van der Waals surface area contributed by atoms with Crippen LogP contribution in [0.1, 0.15) is 37.2 Å². The van der Waals surface area contributed by atoms with Crippen LogP contribution in [0.5, 0.6) is 0 Å². The monoisotopic (exact) mass is 180 g/mol. The first kappa shape index (κ1) is 9.71. The molecule has 1 rings (SSSR count). The van der Waals surface area contributed by atoms with Gasteiger partial charge in [0.2, 0.25) is 0 Å². The van der Waals surface area contributed by atoms with Gasteiger partial charge >= 0.3 is 0 Å². The molecule has 72 valence electrons. The fourth-order valence-corrected chi connectivity index (χ4v) is 1.06. The van der Waals surface area contributed by atoms with Crippen LogP contribution in [0.4, 0.5) is 0 Å². The van der Waals surface area contributed by atoms with E-state index < -0.39 is 0 Å². The molecule has 13 heavy (non-hydrogen) atoms. The summed E-state index contributed by atoms with van der Waals surface area (Å²) in [6.07, 6.45) is 1.67. The van der Waals surface area contributed by atoms with Crippen LogP contribution < -0.4 is 5.32 Å². The van der Waals surface area contributed by atoms with E-state index >= 15 is 0 Å². The molecule has 0 aliphatic heterocycles. The summed E-state index contributed by atoms with van der Waals surface area (Å²) in [7, 11) is 1.60. The molecule has 1 heterocycles. The minimum Gasteiger partial charge on any atom is -0.354 e. The van der Waals surface area contributed by atoms with Crippen LogP contribution in [-0.2, 0) is 0 Å². The van der Waals surface area contributed by atoms with Gasteiger partial charge in [0, 0.05) is 14.7 Å². The lowest BCUT2D eigenvalue weighted by Gasteiger charge is -2.05. The van der Waals surface area contributed by atoms with Crippen LogP contribution in [0.3, 0.4) is 0 Å². The molecular weight excluding hydrogens is 164 g/mol. The number of nitrogens with one attached hydrogen (secondary N) is 1. The van der Waals surface area contributed by atoms with Crippen molar-refractivity contribution < 1.29 is 6.22 Å². The summed E-state index contributed by atoms with van der Waals surface area (Å²) in [5.41, 5.74) is 1.61. The third-order valence-corrected chi connectivity index (χ3v) is 1.91. The van der Waals surface area contributed by atoms with Crippen molar-refractivity contribution in [2.75, 3.05) is 7.05 Å². The van der Waals surface area contributed by atoms with Gasteiger partial charge < -0.3 is 5.32 Å². The first-order valence-corrected chi connectivity index (χ1v) is 4.33. The maximum absolute atomic E-state index is 11.2. The minimum atomic E-state index is -0.137. The van der Waals surface area contributed by atoms with Gasteiger partial charge in [0.1, 0.15) is 5.69 Å². The largest absolute Gasteiger partial charge is 0.354 e. The van der Waals surface area contributed by atoms with Crippen molar-refractivity contribution in [3.8, 4) is 0 Å². The molecule has 0 bridgehead atoms. The molecule has 3 nitrogen and oxygen atoms in total. The molecule has 1 N–H and O–H groups in total. The predicted octanol–water partition coefficient (Wildman–Crippen LogP) is 1.81. The zero-order chi connectivity index (χ0) is 9.84. The van der Waals surface area contributed by atoms with Gasteiger partial charge in [0.25, 0.3) is 5.91 Å². The third-order valence-electron chi connectivity index (χ3n) is 1.91. The van der Waals surface area contributed by atoms with E-state index in [9.17, 15) is 4.79 Å². The van der Waals surface area contributed by atoms with Gasteiger partial charge in [-0.05, 0) is 23.6 Å². The fourth-order valence-electron chi connectivity index (χ4n) is 1.06. The Morgan fingerprint density at radius 1 is 1.62 bits per heavy atom. The summed E-state index contributed by atoms with van der Waals surface area (Å²) >= 11 is 0. The van der Waals surface area contributed by atoms with Crippen LogP contribution in [0.2, 0.25) is 0 Å². The number of hydrogen-bond donors (Lipinski definition) is 1. The van der Waals surface area contributed by atoms with E-state index in [2.05, 4.69) is 24.1 Å². The molecule has 0 spiro atoms. The molecule has 1 aromatic rings. The third kappa shape index (κ3) is 2.28. The summed E-state index contributed by atoms with van der Waals surface area (Å²) in [5, 5.41) is 2.55. The van der Waals surface area contributed by atoms with Gasteiger partial charge in [-0.25, -0.2) is 0 Å². The lowest BCUT2D eigenvalue weighted by Crippen LogP contribution is -2.19. The average Bonchev–Trinajstić information content (AvgIpc) is 2.17. The van der Waals surface area contributed by atoms with Crippen LogP contribution in [0.25, 0.3) is 0 Å². The second-order valence-corrected chi connectivity index (χ2v) is 3.21. The first-order valence-electron chi connectivity index (χ1n) is 4.33. The number of carbonyl (C=O) groups excluding carboxylic acids is 1. The summed E-state index contributed by atoms with van der Waals surface area (Å²) in [4.78, 5) is 15.2. The highest BCUT2D eigenvalue weighted by Gasteiger charge is 2.06. The molecule has 0 saturated heterocycles. The molecule has 0 unspecified atom stereocenters. The van der Waals surface area contributed by atoms with E-state index in [1.807, 2.05) is 12.1 Å². The van der Waals surface area contributed by atoms with Crippen molar-refractivity contribution in [1.29, 1.82) is 0 Å². The molecule has 1 amide bonds. The fraction of sp³-hybridized carbons (Fsp3) is 0.400. The number of rotatable bonds is 2. The molecule has 0 radical (unpaired) electrons. The number of nitrogens with zero attached hydrogens (tertiary/aromatic N) is 1. The summed E-state index contributed by atoms with van der Waals surface area (Å²) in [6, 6.07) is 3.75. The topological polar surface area (TPSA) is 42.0 Å². The molecule has 3 heteroatoms. The van der Waals surface area contributed by atoms with Gasteiger partial charge in [0.05, 0.1) is 0 Å². The Bertz CT molecular complexity index is 313. The van der Waals surface area contributed by atoms with Crippen LogP contribution in [0.15, 0.2) is 18.3 Å². The van der Waals surface area contributed by atoms with Crippen molar-refractivity contribution in [2.24, 2.45) is 0 Å². The van der Waals surface area contributed by atoms with Gasteiger partial charge in [0.15, 0.2) is 0 Å². The van der Waals surface area contributed by atoms with Gasteiger partial charge in [-0.2, -0.15) is 0 Å². The second-order valence-electron chi connectivity index (χ2n) is 3.21. The van der Waals surface area contributed by atoms with Crippen LogP contribution >= 0.6 is 0 Å². The molecular formula is C10H16N2O. The minimum absolute atomic E-state index is 0. The van der Waals surface area contributed by atoms with Crippen LogP contribution in [-0.4, -0.2) is 17.9 Å². The Morgan fingerprint density at radius 2 is 2.31 bits per heavy atom. The molecule has 0 aliphatic carbocycles. The lowest BCUT2D eigenvalue weighted by molar-refractivity contribution is 0.0958. The number of aromatic nitrogens is 1.